The lowest BCUT2D eigenvalue weighted by Crippen LogP contribution is -2.47. The Hall–Kier alpha value is -2.49. The van der Waals surface area contributed by atoms with Gasteiger partial charge in [-0.2, -0.15) is 0 Å². The first-order valence-corrected chi connectivity index (χ1v) is 10.8. The lowest BCUT2D eigenvalue weighted by atomic mass is 9.91. The number of benzene rings is 1. The zero-order valence-electron chi connectivity index (χ0n) is 18.8. The quantitative estimate of drug-likeness (QED) is 0.329. The predicted octanol–water partition coefficient (Wildman–Crippen LogP) is 1.58. The van der Waals surface area contributed by atoms with E-state index in [0.29, 0.717) is 32.6 Å². The van der Waals surface area contributed by atoms with Crippen molar-refractivity contribution < 1.29 is 38.1 Å². The van der Waals surface area contributed by atoms with Crippen molar-refractivity contribution in [1.82, 2.24) is 4.90 Å². The molecule has 1 aromatic carbocycles. The fourth-order valence-corrected chi connectivity index (χ4v) is 3.44. The van der Waals surface area contributed by atoms with Crippen LogP contribution in [0.5, 0.6) is 0 Å². The molecule has 2 rings (SSSR count). The maximum Gasteiger partial charge on any atom is 0.332 e. The van der Waals surface area contributed by atoms with Crippen LogP contribution in [0.2, 0.25) is 0 Å². The third-order valence-corrected chi connectivity index (χ3v) is 5.16. The van der Waals surface area contributed by atoms with Crippen LogP contribution in [0.4, 0.5) is 0 Å². The van der Waals surface area contributed by atoms with Gasteiger partial charge in [0.25, 0.3) is 0 Å². The van der Waals surface area contributed by atoms with Crippen LogP contribution in [0.25, 0.3) is 0 Å². The normalized spacial score (nSPS) is 18.2. The molecule has 2 atom stereocenters. The monoisotopic (exact) mass is 451 g/mol. The Balaban J connectivity index is 1.44. The molecule has 0 N–H and O–H groups in total. The Bertz CT molecular complexity index is 711. The van der Waals surface area contributed by atoms with Gasteiger partial charge in [-0.05, 0) is 25.3 Å². The number of carbonyl (C=O) groups is 3. The van der Waals surface area contributed by atoms with Crippen molar-refractivity contribution in [2.45, 2.75) is 32.4 Å². The summed E-state index contributed by atoms with van der Waals surface area (Å²) >= 11 is 0. The predicted molar refractivity (Wildman–Crippen MR) is 115 cm³/mol. The Morgan fingerprint density at radius 3 is 2.28 bits per heavy atom. The minimum atomic E-state index is -0.430. The van der Waals surface area contributed by atoms with E-state index in [1.165, 1.54) is 7.11 Å². The highest BCUT2D eigenvalue weighted by atomic mass is 16.6. The highest BCUT2D eigenvalue weighted by Crippen LogP contribution is 2.23. The van der Waals surface area contributed by atoms with E-state index in [0.717, 1.165) is 5.56 Å². The number of nitrogens with zero attached hydrogens (tertiary/aromatic N) is 1. The molecule has 1 amide bonds. The number of carbonyl (C=O) groups excluding carboxylic acids is 3. The fraction of sp³-hybridized carbons (Fsp3) is 0.609. The van der Waals surface area contributed by atoms with Gasteiger partial charge in [0.05, 0.1) is 39.5 Å². The molecular formula is C23H33NO8. The maximum absolute atomic E-state index is 12.3. The van der Waals surface area contributed by atoms with Gasteiger partial charge in [0.1, 0.15) is 19.8 Å². The van der Waals surface area contributed by atoms with E-state index in [9.17, 15) is 14.4 Å². The largest absolute Gasteiger partial charge is 0.469 e. The molecule has 0 saturated carbocycles. The number of likely N-dealkylation sites (tertiary alicyclic amines) is 1. The lowest BCUT2D eigenvalue weighted by Gasteiger charge is -2.36. The molecule has 1 aliphatic heterocycles. The second-order valence-corrected chi connectivity index (χ2v) is 7.54. The highest BCUT2D eigenvalue weighted by Gasteiger charge is 2.32. The van der Waals surface area contributed by atoms with Gasteiger partial charge in [-0.15, -0.1) is 0 Å². The minimum absolute atomic E-state index is 0.0274. The minimum Gasteiger partial charge on any atom is -0.469 e. The number of methoxy groups -OCH3 is 1. The molecule has 1 fully saturated rings. The van der Waals surface area contributed by atoms with Crippen LogP contribution in [0.1, 0.15) is 25.3 Å². The number of esters is 2. The van der Waals surface area contributed by atoms with Crippen molar-refractivity contribution in [3.05, 3.63) is 35.9 Å². The van der Waals surface area contributed by atoms with Crippen molar-refractivity contribution in [3.63, 3.8) is 0 Å². The third-order valence-electron chi connectivity index (χ3n) is 5.16. The summed E-state index contributed by atoms with van der Waals surface area (Å²) < 4.78 is 25.9. The standard InChI is InChI=1S/C23H33NO8/c1-18-14-20(23(27)28-2)8-9-24(18)21(25)16-30-12-10-29-11-13-31-17-22(26)32-15-19-6-4-3-5-7-19/h3-7,18,20H,8-17H2,1-2H3. The Labute approximate surface area is 188 Å². The third kappa shape index (κ3) is 9.33. The molecule has 0 aliphatic carbocycles. The summed E-state index contributed by atoms with van der Waals surface area (Å²) in [4.78, 5) is 37.3. The van der Waals surface area contributed by atoms with E-state index >= 15 is 0 Å². The van der Waals surface area contributed by atoms with Gasteiger partial charge in [0, 0.05) is 12.6 Å². The van der Waals surface area contributed by atoms with Crippen LogP contribution < -0.4 is 0 Å². The van der Waals surface area contributed by atoms with Crippen LogP contribution in [0, 0.1) is 5.92 Å². The molecular weight excluding hydrogens is 418 g/mol. The molecule has 0 aromatic heterocycles. The zero-order chi connectivity index (χ0) is 23.2. The van der Waals surface area contributed by atoms with Gasteiger partial charge in [0.2, 0.25) is 5.91 Å². The molecule has 0 bridgehead atoms. The summed E-state index contributed by atoms with van der Waals surface area (Å²) in [6.07, 6.45) is 1.20. The number of piperidine rings is 1. The SMILES string of the molecule is COC(=O)C1CCN(C(=O)COCCOCCOCC(=O)OCc2ccccc2)C(C)C1. The summed E-state index contributed by atoms with van der Waals surface area (Å²) in [5, 5.41) is 0. The average molecular weight is 452 g/mol. The van der Waals surface area contributed by atoms with Gasteiger partial charge in [-0.3, -0.25) is 9.59 Å². The molecule has 32 heavy (non-hydrogen) atoms. The Morgan fingerprint density at radius 2 is 1.62 bits per heavy atom. The van der Waals surface area contributed by atoms with Crippen LogP contribution >= 0.6 is 0 Å². The van der Waals surface area contributed by atoms with E-state index in [-0.39, 0.29) is 56.9 Å². The van der Waals surface area contributed by atoms with Crippen molar-refractivity contribution >= 4 is 17.8 Å². The van der Waals surface area contributed by atoms with Crippen molar-refractivity contribution in [3.8, 4) is 0 Å². The fourth-order valence-electron chi connectivity index (χ4n) is 3.44. The Kier molecular flexibility index (Phi) is 11.7. The van der Waals surface area contributed by atoms with Gasteiger partial charge in [-0.1, -0.05) is 30.3 Å². The first-order valence-electron chi connectivity index (χ1n) is 10.8. The second kappa shape index (κ2) is 14.5. The van der Waals surface area contributed by atoms with Crippen molar-refractivity contribution in [2.24, 2.45) is 5.92 Å². The summed E-state index contributed by atoms with van der Waals surface area (Å²) in [7, 11) is 1.38. The molecule has 9 nitrogen and oxygen atoms in total. The van der Waals surface area contributed by atoms with E-state index in [4.69, 9.17) is 23.7 Å². The molecule has 1 aliphatic rings. The lowest BCUT2D eigenvalue weighted by molar-refractivity contribution is -0.152. The summed E-state index contributed by atoms with van der Waals surface area (Å²) in [6.45, 7) is 3.66. The molecule has 1 heterocycles. The molecule has 1 aromatic rings. The van der Waals surface area contributed by atoms with Gasteiger partial charge in [-0.25, -0.2) is 4.79 Å². The zero-order valence-corrected chi connectivity index (χ0v) is 18.8. The molecule has 0 spiro atoms. The summed E-state index contributed by atoms with van der Waals surface area (Å²) in [5.74, 6) is -0.898. The topological polar surface area (TPSA) is 101 Å². The van der Waals surface area contributed by atoms with Crippen LogP contribution in [0.15, 0.2) is 30.3 Å². The maximum atomic E-state index is 12.3. The van der Waals surface area contributed by atoms with E-state index in [2.05, 4.69) is 0 Å². The number of amides is 1. The summed E-state index contributed by atoms with van der Waals surface area (Å²) in [6, 6.07) is 9.39. The smallest absolute Gasteiger partial charge is 0.332 e. The molecule has 9 heteroatoms. The second-order valence-electron chi connectivity index (χ2n) is 7.54. The van der Waals surface area contributed by atoms with E-state index in [1.54, 1.807) is 4.90 Å². The summed E-state index contributed by atoms with van der Waals surface area (Å²) in [5.41, 5.74) is 0.919. The number of hydrogen-bond donors (Lipinski definition) is 0. The molecule has 1 saturated heterocycles. The van der Waals surface area contributed by atoms with Gasteiger partial charge in [0.15, 0.2) is 0 Å². The van der Waals surface area contributed by atoms with Crippen molar-refractivity contribution in [1.29, 1.82) is 0 Å². The highest BCUT2D eigenvalue weighted by molar-refractivity contribution is 5.78. The van der Waals surface area contributed by atoms with Crippen molar-refractivity contribution in [2.75, 3.05) is 53.3 Å². The average Bonchev–Trinajstić information content (AvgIpc) is 2.81. The first-order chi connectivity index (χ1) is 15.5. The first kappa shape index (κ1) is 25.8. The number of ether oxygens (including phenoxy) is 5. The Morgan fingerprint density at radius 1 is 0.969 bits per heavy atom. The van der Waals surface area contributed by atoms with Crippen LogP contribution in [0.3, 0.4) is 0 Å². The van der Waals surface area contributed by atoms with E-state index in [1.807, 2.05) is 37.3 Å². The van der Waals surface area contributed by atoms with E-state index < -0.39 is 5.97 Å². The molecule has 2 unspecified atom stereocenters. The van der Waals surface area contributed by atoms with Crippen LogP contribution in [-0.2, 0) is 44.7 Å². The number of hydrogen-bond acceptors (Lipinski definition) is 8. The molecule has 178 valence electrons. The van der Waals surface area contributed by atoms with Crippen LogP contribution in [-0.4, -0.2) is 82.1 Å². The van der Waals surface area contributed by atoms with Gasteiger partial charge >= 0.3 is 11.9 Å². The number of rotatable bonds is 13. The van der Waals surface area contributed by atoms with Gasteiger partial charge < -0.3 is 28.6 Å². The molecule has 0 radical (unpaired) electrons.